The summed E-state index contributed by atoms with van der Waals surface area (Å²) in [7, 11) is 1.22. The summed E-state index contributed by atoms with van der Waals surface area (Å²) in [5.41, 5.74) is 0.754. The minimum Gasteiger partial charge on any atom is -0.465 e. The second kappa shape index (κ2) is 8.95. The highest BCUT2D eigenvalue weighted by atomic mass is 32.2. The number of urea groups is 1. The summed E-state index contributed by atoms with van der Waals surface area (Å²) in [6.07, 6.45) is 0. The Hall–Kier alpha value is -3.41. The molecule has 11 nitrogen and oxygen atoms in total. The van der Waals surface area contributed by atoms with Gasteiger partial charge in [-0.1, -0.05) is 11.8 Å². The number of carbonyl (C=O) groups is 3. The first kappa shape index (κ1) is 21.3. The first-order chi connectivity index (χ1) is 14.3. The predicted octanol–water partition coefficient (Wildman–Crippen LogP) is 0.635. The Labute approximate surface area is 174 Å². The molecule has 12 heteroatoms. The average molecular weight is 433 g/mol. The van der Waals surface area contributed by atoms with Gasteiger partial charge in [-0.05, 0) is 19.9 Å². The Kier molecular flexibility index (Phi) is 6.35. The van der Waals surface area contributed by atoms with Gasteiger partial charge in [-0.3, -0.25) is 4.79 Å². The van der Waals surface area contributed by atoms with Crippen molar-refractivity contribution in [2.75, 3.05) is 26.0 Å². The number of rotatable bonds is 6. The van der Waals surface area contributed by atoms with E-state index >= 15 is 0 Å². The normalized spacial score (nSPS) is 13.6. The number of hydrogen-bond donors (Lipinski definition) is 3. The van der Waals surface area contributed by atoms with E-state index in [0.29, 0.717) is 11.4 Å². The second-order valence-corrected chi connectivity index (χ2v) is 7.11. The summed E-state index contributed by atoms with van der Waals surface area (Å²) in [5.74, 6) is -1.06. The fourth-order valence-corrected chi connectivity index (χ4v) is 3.64. The number of aryl methyl sites for hydroxylation is 1. The number of H-pyrrole nitrogens is 1. The smallest absolute Gasteiger partial charge is 0.338 e. The monoisotopic (exact) mass is 433 g/mol. The van der Waals surface area contributed by atoms with E-state index in [0.717, 1.165) is 11.8 Å². The van der Waals surface area contributed by atoms with E-state index in [1.165, 1.54) is 13.2 Å². The van der Waals surface area contributed by atoms with E-state index in [4.69, 9.17) is 9.47 Å². The molecule has 0 fully saturated rings. The van der Waals surface area contributed by atoms with Crippen LogP contribution < -0.4 is 16.2 Å². The fourth-order valence-electron chi connectivity index (χ4n) is 2.79. The van der Waals surface area contributed by atoms with E-state index in [1.54, 1.807) is 13.8 Å². The average Bonchev–Trinajstić information content (AvgIpc) is 2.70. The van der Waals surface area contributed by atoms with Crippen molar-refractivity contribution in [2.45, 2.75) is 19.0 Å². The van der Waals surface area contributed by atoms with Gasteiger partial charge in [-0.25, -0.2) is 24.4 Å². The number of aromatic nitrogens is 3. The summed E-state index contributed by atoms with van der Waals surface area (Å²) in [5, 5.41) is 5.34. The van der Waals surface area contributed by atoms with Gasteiger partial charge in [0.25, 0.3) is 5.56 Å². The number of ether oxygens (including phenoxy) is 2. The van der Waals surface area contributed by atoms with Gasteiger partial charge in [0.1, 0.15) is 0 Å². The highest BCUT2D eigenvalue weighted by molar-refractivity contribution is 7.99. The molecule has 0 aliphatic carbocycles. The third-order valence-corrected chi connectivity index (χ3v) is 5.02. The predicted molar refractivity (Wildman–Crippen MR) is 107 cm³/mol. The molecule has 0 saturated carbocycles. The lowest BCUT2D eigenvalue weighted by Crippen LogP contribution is -2.44. The van der Waals surface area contributed by atoms with E-state index in [1.807, 2.05) is 0 Å². The van der Waals surface area contributed by atoms with Gasteiger partial charge in [0.05, 0.1) is 36.8 Å². The maximum absolute atomic E-state index is 12.6. The largest absolute Gasteiger partial charge is 0.465 e. The van der Waals surface area contributed by atoms with Gasteiger partial charge in [-0.2, -0.15) is 0 Å². The number of amides is 2. The molecule has 0 saturated heterocycles. The van der Waals surface area contributed by atoms with Crippen LogP contribution in [0.1, 0.15) is 23.0 Å². The van der Waals surface area contributed by atoms with Gasteiger partial charge in [-0.15, -0.1) is 0 Å². The molecule has 2 amide bonds. The third-order valence-electron chi connectivity index (χ3n) is 4.12. The molecule has 0 atom stereocenters. The number of fused-ring (bicyclic) bond motifs is 1. The topological polar surface area (TPSA) is 152 Å². The Morgan fingerprint density at radius 3 is 2.70 bits per heavy atom. The van der Waals surface area contributed by atoms with Crippen molar-refractivity contribution in [3.05, 3.63) is 38.9 Å². The molecule has 0 bridgehead atoms. The third kappa shape index (κ3) is 4.43. The van der Waals surface area contributed by atoms with Crippen LogP contribution in [0.25, 0.3) is 11.0 Å². The molecule has 0 unspecified atom stereocenters. The number of nitrogens with zero attached hydrogens (tertiary/aromatic N) is 2. The number of nitrogens with one attached hydrogen (secondary N) is 3. The Bertz CT molecular complexity index is 1130. The van der Waals surface area contributed by atoms with Crippen molar-refractivity contribution in [1.82, 2.24) is 25.6 Å². The molecule has 2 aromatic rings. The van der Waals surface area contributed by atoms with Crippen LogP contribution in [0.5, 0.6) is 0 Å². The van der Waals surface area contributed by atoms with Crippen molar-refractivity contribution < 1.29 is 23.9 Å². The van der Waals surface area contributed by atoms with Crippen molar-refractivity contribution in [1.29, 1.82) is 0 Å². The minimum absolute atomic E-state index is 0.0263. The second-order valence-electron chi connectivity index (χ2n) is 6.15. The zero-order valence-corrected chi connectivity index (χ0v) is 17.3. The van der Waals surface area contributed by atoms with E-state index < -0.39 is 23.5 Å². The molecule has 0 aromatic carbocycles. The van der Waals surface area contributed by atoms with Gasteiger partial charge >= 0.3 is 18.0 Å². The molecule has 30 heavy (non-hydrogen) atoms. The molecule has 1 aliphatic rings. The fraction of sp³-hybridized carbons (Fsp3) is 0.333. The van der Waals surface area contributed by atoms with Crippen LogP contribution in [0.4, 0.5) is 4.79 Å². The summed E-state index contributed by atoms with van der Waals surface area (Å²) < 4.78 is 9.74. The molecule has 158 valence electrons. The van der Waals surface area contributed by atoms with E-state index in [9.17, 15) is 19.2 Å². The molecule has 1 aliphatic heterocycles. The first-order valence-electron chi connectivity index (χ1n) is 8.90. The number of aromatic amines is 1. The standard InChI is InChI=1S/C18H19N5O6S/c1-4-29-16(26)10-6-19-17(27)21-11(10)7-30-18-22-13-12(14(24)23-18)9(15(25)28-3)5-8(2)20-13/h5H,4,6-7H2,1-3H3,(H2,19,21,27)(H,20,22,23,24). The van der Waals surface area contributed by atoms with Gasteiger partial charge in [0, 0.05) is 17.1 Å². The van der Waals surface area contributed by atoms with Crippen LogP contribution in [0.3, 0.4) is 0 Å². The quantitative estimate of drug-likeness (QED) is 0.338. The number of thioether (sulfide) groups is 1. The van der Waals surface area contributed by atoms with Gasteiger partial charge < -0.3 is 25.1 Å². The number of pyridine rings is 1. The maximum Gasteiger partial charge on any atom is 0.338 e. The van der Waals surface area contributed by atoms with Crippen molar-refractivity contribution >= 4 is 40.8 Å². The molecule has 3 N–H and O–H groups in total. The molecule has 3 rings (SSSR count). The lowest BCUT2D eigenvalue weighted by Gasteiger charge is -2.20. The van der Waals surface area contributed by atoms with Crippen LogP contribution in [0.2, 0.25) is 0 Å². The lowest BCUT2D eigenvalue weighted by atomic mass is 10.1. The van der Waals surface area contributed by atoms with Crippen LogP contribution in [-0.4, -0.2) is 58.9 Å². The number of methoxy groups -OCH3 is 1. The van der Waals surface area contributed by atoms with Crippen molar-refractivity contribution in [2.24, 2.45) is 0 Å². The zero-order valence-electron chi connectivity index (χ0n) is 16.5. The molecule has 3 heterocycles. The Balaban J connectivity index is 1.94. The van der Waals surface area contributed by atoms with Crippen LogP contribution in [0.15, 0.2) is 27.3 Å². The maximum atomic E-state index is 12.6. The molecule has 0 spiro atoms. The van der Waals surface area contributed by atoms with Crippen molar-refractivity contribution in [3.63, 3.8) is 0 Å². The summed E-state index contributed by atoms with van der Waals surface area (Å²) in [6, 6.07) is 1.01. The molecular formula is C18H19N5O6S. The number of esters is 2. The Morgan fingerprint density at radius 2 is 2.00 bits per heavy atom. The summed E-state index contributed by atoms with van der Waals surface area (Å²) in [6.45, 7) is 3.58. The van der Waals surface area contributed by atoms with E-state index in [-0.39, 0.29) is 46.2 Å². The van der Waals surface area contributed by atoms with E-state index in [2.05, 4.69) is 25.6 Å². The Morgan fingerprint density at radius 1 is 1.23 bits per heavy atom. The molecular weight excluding hydrogens is 414 g/mol. The zero-order chi connectivity index (χ0) is 21.8. The van der Waals surface area contributed by atoms with Crippen LogP contribution in [0, 0.1) is 6.92 Å². The van der Waals surface area contributed by atoms with Gasteiger partial charge in [0.2, 0.25) is 0 Å². The van der Waals surface area contributed by atoms with Crippen molar-refractivity contribution in [3.8, 4) is 0 Å². The van der Waals surface area contributed by atoms with Crippen LogP contribution in [-0.2, 0) is 14.3 Å². The summed E-state index contributed by atoms with van der Waals surface area (Å²) in [4.78, 5) is 59.5. The first-order valence-corrected chi connectivity index (χ1v) is 9.89. The number of carbonyl (C=O) groups excluding carboxylic acids is 3. The minimum atomic E-state index is -0.667. The molecule has 2 aromatic heterocycles. The molecule has 0 radical (unpaired) electrons. The van der Waals surface area contributed by atoms with Gasteiger partial charge in [0.15, 0.2) is 10.8 Å². The van der Waals surface area contributed by atoms with Crippen LogP contribution >= 0.6 is 11.8 Å². The SMILES string of the molecule is CCOC(=O)C1=C(CSc2nc3nc(C)cc(C(=O)OC)c3c(=O)[nH]2)NC(=O)NC1. The highest BCUT2D eigenvalue weighted by Crippen LogP contribution is 2.21. The lowest BCUT2D eigenvalue weighted by molar-refractivity contribution is -0.138. The highest BCUT2D eigenvalue weighted by Gasteiger charge is 2.24. The number of hydrogen-bond acceptors (Lipinski definition) is 9. The summed E-state index contributed by atoms with van der Waals surface area (Å²) >= 11 is 1.09.